The van der Waals surface area contributed by atoms with Crippen LogP contribution < -0.4 is 5.32 Å². The smallest absolute Gasteiger partial charge is 0.0104 e. The maximum atomic E-state index is 3.51. The van der Waals surface area contributed by atoms with Gasteiger partial charge in [-0.3, -0.25) is 0 Å². The molecule has 0 radical (unpaired) electrons. The van der Waals surface area contributed by atoms with Gasteiger partial charge in [-0.15, -0.1) is 0 Å². The molecule has 2 unspecified atom stereocenters. The molecular formula is C14H28N2. The molecule has 0 aromatic heterocycles. The van der Waals surface area contributed by atoms with Crippen LogP contribution in [0.25, 0.3) is 0 Å². The van der Waals surface area contributed by atoms with Gasteiger partial charge in [0, 0.05) is 18.6 Å². The molecule has 2 aliphatic rings. The first-order valence-corrected chi connectivity index (χ1v) is 7.26. The lowest BCUT2D eigenvalue weighted by Crippen LogP contribution is -2.41. The summed E-state index contributed by atoms with van der Waals surface area (Å²) in [5, 5.41) is 3.51. The van der Waals surface area contributed by atoms with Crippen LogP contribution in [0.2, 0.25) is 0 Å². The molecule has 2 saturated carbocycles. The average Bonchev–Trinajstić information content (AvgIpc) is 2.96. The highest BCUT2D eigenvalue weighted by molar-refractivity contribution is 4.86. The third kappa shape index (κ3) is 2.78. The van der Waals surface area contributed by atoms with Crippen LogP contribution in [0, 0.1) is 5.92 Å². The van der Waals surface area contributed by atoms with Crippen molar-refractivity contribution in [3.05, 3.63) is 0 Å². The van der Waals surface area contributed by atoms with Crippen LogP contribution >= 0.6 is 0 Å². The number of rotatable bonds is 5. The van der Waals surface area contributed by atoms with E-state index in [4.69, 9.17) is 0 Å². The fourth-order valence-electron chi connectivity index (χ4n) is 3.74. The number of hydrogen-bond acceptors (Lipinski definition) is 2. The summed E-state index contributed by atoms with van der Waals surface area (Å²) in [4.78, 5) is 2.76. The summed E-state index contributed by atoms with van der Waals surface area (Å²) < 4.78 is 0. The first-order chi connectivity index (χ1) is 7.85. The van der Waals surface area contributed by atoms with Crippen molar-refractivity contribution < 1.29 is 0 Å². The Hall–Kier alpha value is -0.0800. The van der Waals surface area contributed by atoms with E-state index >= 15 is 0 Å². The Morgan fingerprint density at radius 1 is 1.06 bits per heavy atom. The highest BCUT2D eigenvalue weighted by Crippen LogP contribution is 2.29. The third-order valence-corrected chi connectivity index (χ3v) is 4.75. The van der Waals surface area contributed by atoms with E-state index in [-0.39, 0.29) is 0 Å². The van der Waals surface area contributed by atoms with Crippen molar-refractivity contribution in [2.45, 2.75) is 64.0 Å². The van der Waals surface area contributed by atoms with Gasteiger partial charge in [0.1, 0.15) is 0 Å². The number of hydrogen-bond donors (Lipinski definition) is 1. The van der Waals surface area contributed by atoms with Crippen LogP contribution in [-0.4, -0.2) is 37.1 Å². The van der Waals surface area contributed by atoms with Crippen LogP contribution in [-0.2, 0) is 0 Å². The van der Waals surface area contributed by atoms with E-state index in [0.717, 1.165) is 18.0 Å². The fraction of sp³-hybridized carbons (Fsp3) is 1.00. The van der Waals surface area contributed by atoms with Crippen molar-refractivity contribution in [1.82, 2.24) is 10.2 Å². The van der Waals surface area contributed by atoms with Crippen molar-refractivity contribution in [3.8, 4) is 0 Å². The standard InChI is InChI=1S/C14H28N2/c1-3-16(13-8-4-5-9-13)11-12-7-6-10-14(12)15-2/h12-15H,3-11H2,1-2H3. The zero-order chi connectivity index (χ0) is 11.4. The molecule has 0 aliphatic heterocycles. The van der Waals surface area contributed by atoms with Gasteiger partial charge in [0.05, 0.1) is 0 Å². The fourth-order valence-corrected chi connectivity index (χ4v) is 3.74. The van der Waals surface area contributed by atoms with Gasteiger partial charge in [-0.2, -0.15) is 0 Å². The van der Waals surface area contributed by atoms with Crippen molar-refractivity contribution in [2.75, 3.05) is 20.1 Å². The van der Waals surface area contributed by atoms with Crippen LogP contribution in [0.3, 0.4) is 0 Å². The molecule has 2 aliphatic carbocycles. The largest absolute Gasteiger partial charge is 0.317 e. The van der Waals surface area contributed by atoms with E-state index in [1.165, 1.54) is 58.0 Å². The highest BCUT2D eigenvalue weighted by atomic mass is 15.2. The van der Waals surface area contributed by atoms with Crippen LogP contribution in [0.4, 0.5) is 0 Å². The predicted molar refractivity (Wildman–Crippen MR) is 69.7 cm³/mol. The van der Waals surface area contributed by atoms with E-state index < -0.39 is 0 Å². The zero-order valence-corrected chi connectivity index (χ0v) is 11.0. The van der Waals surface area contributed by atoms with E-state index in [0.29, 0.717) is 0 Å². The molecule has 2 fully saturated rings. The summed E-state index contributed by atoms with van der Waals surface area (Å²) in [6.07, 6.45) is 10.1. The monoisotopic (exact) mass is 224 g/mol. The Kier molecular flexibility index (Phi) is 4.66. The SMILES string of the molecule is CCN(CC1CCCC1NC)C1CCCC1. The Bertz CT molecular complexity index is 199. The molecule has 0 amide bonds. The predicted octanol–water partition coefficient (Wildman–Crippen LogP) is 2.64. The lowest BCUT2D eigenvalue weighted by molar-refractivity contribution is 0.167. The lowest BCUT2D eigenvalue weighted by Gasteiger charge is -2.32. The Morgan fingerprint density at radius 3 is 2.44 bits per heavy atom. The molecule has 94 valence electrons. The second-order valence-electron chi connectivity index (χ2n) is 5.61. The molecule has 0 aromatic rings. The molecule has 2 atom stereocenters. The summed E-state index contributed by atoms with van der Waals surface area (Å²) in [7, 11) is 2.13. The van der Waals surface area contributed by atoms with E-state index in [9.17, 15) is 0 Å². The van der Waals surface area contributed by atoms with Crippen LogP contribution in [0.1, 0.15) is 51.9 Å². The molecule has 16 heavy (non-hydrogen) atoms. The molecule has 0 saturated heterocycles. The normalized spacial score (nSPS) is 31.7. The van der Waals surface area contributed by atoms with E-state index in [2.05, 4.69) is 24.2 Å². The third-order valence-electron chi connectivity index (χ3n) is 4.75. The first-order valence-electron chi connectivity index (χ1n) is 7.26. The molecule has 2 nitrogen and oxygen atoms in total. The van der Waals surface area contributed by atoms with Crippen LogP contribution in [0.15, 0.2) is 0 Å². The number of nitrogens with one attached hydrogen (secondary N) is 1. The molecule has 0 aromatic carbocycles. The number of nitrogens with zero attached hydrogens (tertiary/aromatic N) is 1. The second kappa shape index (κ2) is 6.02. The van der Waals surface area contributed by atoms with E-state index in [1.54, 1.807) is 0 Å². The Balaban J connectivity index is 1.85. The Labute approximate surface area is 101 Å². The van der Waals surface area contributed by atoms with E-state index in [1.807, 2.05) is 0 Å². The van der Waals surface area contributed by atoms with Gasteiger partial charge in [-0.1, -0.05) is 26.2 Å². The molecule has 0 spiro atoms. The van der Waals surface area contributed by atoms with Crippen LogP contribution in [0.5, 0.6) is 0 Å². The maximum Gasteiger partial charge on any atom is 0.0104 e. The average molecular weight is 224 g/mol. The van der Waals surface area contributed by atoms with Gasteiger partial charge in [-0.25, -0.2) is 0 Å². The summed E-state index contributed by atoms with van der Waals surface area (Å²) in [6, 6.07) is 1.69. The summed E-state index contributed by atoms with van der Waals surface area (Å²) in [5.74, 6) is 0.908. The lowest BCUT2D eigenvalue weighted by atomic mass is 10.0. The summed E-state index contributed by atoms with van der Waals surface area (Å²) in [6.45, 7) is 4.92. The van der Waals surface area contributed by atoms with Gasteiger partial charge in [0.2, 0.25) is 0 Å². The first kappa shape index (κ1) is 12.4. The van der Waals surface area contributed by atoms with Crippen molar-refractivity contribution in [2.24, 2.45) is 5.92 Å². The van der Waals surface area contributed by atoms with Crippen molar-refractivity contribution in [3.63, 3.8) is 0 Å². The van der Waals surface area contributed by atoms with Gasteiger partial charge in [0.15, 0.2) is 0 Å². The quantitative estimate of drug-likeness (QED) is 0.772. The molecule has 1 N–H and O–H groups in total. The topological polar surface area (TPSA) is 15.3 Å². The zero-order valence-electron chi connectivity index (χ0n) is 11.0. The van der Waals surface area contributed by atoms with Crippen molar-refractivity contribution >= 4 is 0 Å². The maximum absolute atomic E-state index is 3.51. The second-order valence-corrected chi connectivity index (χ2v) is 5.61. The van der Waals surface area contributed by atoms with Gasteiger partial charge in [0.25, 0.3) is 0 Å². The van der Waals surface area contributed by atoms with Crippen molar-refractivity contribution in [1.29, 1.82) is 0 Å². The minimum atomic E-state index is 0.787. The molecule has 2 rings (SSSR count). The Morgan fingerprint density at radius 2 is 1.81 bits per heavy atom. The van der Waals surface area contributed by atoms with Gasteiger partial charge in [-0.05, 0) is 45.2 Å². The summed E-state index contributed by atoms with van der Waals surface area (Å²) >= 11 is 0. The van der Waals surface area contributed by atoms with Gasteiger partial charge < -0.3 is 10.2 Å². The molecular weight excluding hydrogens is 196 g/mol. The minimum Gasteiger partial charge on any atom is -0.317 e. The molecule has 2 heteroatoms. The van der Waals surface area contributed by atoms with Gasteiger partial charge >= 0.3 is 0 Å². The molecule has 0 heterocycles. The highest BCUT2D eigenvalue weighted by Gasteiger charge is 2.30. The molecule has 0 bridgehead atoms. The minimum absolute atomic E-state index is 0.787. The summed E-state index contributed by atoms with van der Waals surface area (Å²) in [5.41, 5.74) is 0.